The molecule has 142 valence electrons. The molecule has 3 aromatic heterocycles. The van der Waals surface area contributed by atoms with Crippen LogP contribution in [0.25, 0.3) is 27.9 Å². The summed E-state index contributed by atoms with van der Waals surface area (Å²) in [7, 11) is 0. The van der Waals surface area contributed by atoms with Gasteiger partial charge in [-0.3, -0.25) is 14.3 Å². The summed E-state index contributed by atoms with van der Waals surface area (Å²) in [4.78, 5) is 17.1. The Kier molecular flexibility index (Phi) is 4.79. The molecule has 0 amide bonds. The highest BCUT2D eigenvalue weighted by Crippen LogP contribution is 2.29. The molecule has 1 N–H and O–H groups in total. The standard InChI is InChI=1S/C22H19N3O2.ClH/c1-14-2-5-19(24-12-14)15-7-9-25(22(26)10-15)16-3-4-17-18-13-23-8-6-20(18)27-21(17)11-16;/h2-5,7,9-12,23H,6,8,13H2,1H3;1H. The number of fused-ring (bicyclic) bond motifs is 3. The summed E-state index contributed by atoms with van der Waals surface area (Å²) in [6, 6.07) is 13.4. The first-order valence-corrected chi connectivity index (χ1v) is 9.10. The topological polar surface area (TPSA) is 60.1 Å². The third kappa shape index (κ3) is 3.13. The van der Waals surface area contributed by atoms with Gasteiger partial charge in [-0.25, -0.2) is 0 Å². The molecule has 0 radical (unpaired) electrons. The van der Waals surface area contributed by atoms with Crippen LogP contribution in [-0.2, 0) is 13.0 Å². The largest absolute Gasteiger partial charge is 0.461 e. The number of nitrogens with zero attached hydrogens (tertiary/aromatic N) is 2. The number of furan rings is 1. The minimum atomic E-state index is -0.0905. The fraction of sp³-hybridized carbons (Fsp3) is 0.182. The van der Waals surface area contributed by atoms with Crippen LogP contribution in [0.15, 0.2) is 64.1 Å². The molecule has 0 atom stereocenters. The van der Waals surface area contributed by atoms with Crippen molar-refractivity contribution in [2.24, 2.45) is 0 Å². The highest BCUT2D eigenvalue weighted by atomic mass is 35.5. The summed E-state index contributed by atoms with van der Waals surface area (Å²) < 4.78 is 7.67. The number of hydrogen-bond acceptors (Lipinski definition) is 4. The van der Waals surface area contributed by atoms with E-state index in [4.69, 9.17) is 4.42 Å². The second-order valence-electron chi connectivity index (χ2n) is 6.96. The number of rotatable bonds is 2. The zero-order valence-electron chi connectivity index (χ0n) is 15.4. The molecule has 0 bridgehead atoms. The van der Waals surface area contributed by atoms with Crippen LogP contribution in [0.2, 0.25) is 0 Å². The molecule has 1 aliphatic rings. The van der Waals surface area contributed by atoms with Gasteiger partial charge in [-0.15, -0.1) is 12.4 Å². The lowest BCUT2D eigenvalue weighted by atomic mass is 10.1. The van der Waals surface area contributed by atoms with Crippen LogP contribution < -0.4 is 10.9 Å². The van der Waals surface area contributed by atoms with E-state index < -0.39 is 0 Å². The second-order valence-corrected chi connectivity index (χ2v) is 6.96. The summed E-state index contributed by atoms with van der Waals surface area (Å²) in [6.45, 7) is 3.76. The third-order valence-corrected chi connectivity index (χ3v) is 5.10. The van der Waals surface area contributed by atoms with Gasteiger partial charge in [0.15, 0.2) is 0 Å². The predicted molar refractivity (Wildman–Crippen MR) is 112 cm³/mol. The molecule has 28 heavy (non-hydrogen) atoms. The van der Waals surface area contributed by atoms with E-state index in [0.29, 0.717) is 0 Å². The molecule has 0 unspecified atom stereocenters. The van der Waals surface area contributed by atoms with Gasteiger partial charge in [0, 0.05) is 60.5 Å². The Hall–Kier alpha value is -2.89. The molecule has 4 aromatic rings. The van der Waals surface area contributed by atoms with Crippen molar-refractivity contribution in [3.63, 3.8) is 0 Å². The smallest absolute Gasteiger partial charge is 0.255 e. The highest BCUT2D eigenvalue weighted by Gasteiger charge is 2.17. The van der Waals surface area contributed by atoms with E-state index in [-0.39, 0.29) is 18.0 Å². The first-order valence-electron chi connectivity index (χ1n) is 9.10. The summed E-state index contributed by atoms with van der Waals surface area (Å²) >= 11 is 0. The van der Waals surface area contributed by atoms with Crippen molar-refractivity contribution in [1.82, 2.24) is 14.9 Å². The van der Waals surface area contributed by atoms with Gasteiger partial charge in [-0.05, 0) is 36.8 Å². The molecule has 0 saturated heterocycles. The van der Waals surface area contributed by atoms with Gasteiger partial charge in [0.05, 0.1) is 11.4 Å². The molecule has 0 saturated carbocycles. The maximum absolute atomic E-state index is 12.7. The van der Waals surface area contributed by atoms with Gasteiger partial charge in [0.1, 0.15) is 11.3 Å². The van der Waals surface area contributed by atoms with Crippen LogP contribution >= 0.6 is 12.4 Å². The zero-order valence-corrected chi connectivity index (χ0v) is 16.3. The average Bonchev–Trinajstić information content (AvgIpc) is 3.06. The van der Waals surface area contributed by atoms with Crippen LogP contribution in [0.3, 0.4) is 0 Å². The first kappa shape index (κ1) is 18.5. The number of benzene rings is 1. The number of aryl methyl sites for hydroxylation is 1. The van der Waals surface area contributed by atoms with Crippen molar-refractivity contribution >= 4 is 23.4 Å². The average molecular weight is 394 g/mol. The number of aromatic nitrogens is 2. The third-order valence-electron chi connectivity index (χ3n) is 5.10. The van der Waals surface area contributed by atoms with Gasteiger partial charge in [0.2, 0.25) is 0 Å². The molecule has 4 heterocycles. The fourth-order valence-corrected chi connectivity index (χ4v) is 3.64. The number of hydrogen-bond donors (Lipinski definition) is 1. The predicted octanol–water partition coefficient (Wildman–Crippen LogP) is 4.02. The lowest BCUT2D eigenvalue weighted by molar-refractivity contribution is 0.500. The zero-order chi connectivity index (χ0) is 18.4. The molecular weight excluding hydrogens is 374 g/mol. The lowest BCUT2D eigenvalue weighted by Gasteiger charge is -2.10. The van der Waals surface area contributed by atoms with Crippen molar-refractivity contribution in [3.8, 4) is 16.9 Å². The number of halogens is 1. The Morgan fingerprint density at radius 2 is 2.04 bits per heavy atom. The van der Waals surface area contributed by atoms with Gasteiger partial charge in [-0.1, -0.05) is 6.07 Å². The van der Waals surface area contributed by atoms with Crippen molar-refractivity contribution in [3.05, 3.63) is 82.1 Å². The van der Waals surface area contributed by atoms with Gasteiger partial charge >= 0.3 is 0 Å². The highest BCUT2D eigenvalue weighted by molar-refractivity contribution is 5.85. The maximum Gasteiger partial charge on any atom is 0.255 e. The van der Waals surface area contributed by atoms with Crippen LogP contribution in [0.5, 0.6) is 0 Å². The molecule has 6 heteroatoms. The van der Waals surface area contributed by atoms with Gasteiger partial charge < -0.3 is 9.73 Å². The van der Waals surface area contributed by atoms with Crippen LogP contribution in [0.4, 0.5) is 0 Å². The molecule has 0 aliphatic carbocycles. The molecular formula is C22H20ClN3O2. The minimum Gasteiger partial charge on any atom is -0.461 e. The van der Waals surface area contributed by atoms with E-state index in [1.807, 2.05) is 49.5 Å². The Morgan fingerprint density at radius 1 is 1.14 bits per heavy atom. The lowest BCUT2D eigenvalue weighted by Crippen LogP contribution is -2.22. The van der Waals surface area contributed by atoms with Crippen LogP contribution in [0.1, 0.15) is 16.9 Å². The molecule has 0 fully saturated rings. The summed E-state index contributed by atoms with van der Waals surface area (Å²) in [5, 5.41) is 4.50. The SMILES string of the molecule is Cc1ccc(-c2ccn(-c3ccc4c5c(oc4c3)CCNC5)c(=O)c2)nc1.Cl. The van der Waals surface area contributed by atoms with E-state index >= 15 is 0 Å². The van der Waals surface area contributed by atoms with Crippen LogP contribution in [0, 0.1) is 6.92 Å². The quantitative estimate of drug-likeness (QED) is 0.558. The van der Waals surface area contributed by atoms with E-state index in [9.17, 15) is 4.79 Å². The van der Waals surface area contributed by atoms with E-state index in [2.05, 4.69) is 10.3 Å². The molecule has 0 spiro atoms. The Labute approximate surface area is 168 Å². The van der Waals surface area contributed by atoms with Crippen molar-refractivity contribution in [1.29, 1.82) is 0 Å². The first-order chi connectivity index (χ1) is 13.2. The normalized spacial score (nSPS) is 13.2. The second kappa shape index (κ2) is 7.26. The summed E-state index contributed by atoms with van der Waals surface area (Å²) in [5.41, 5.74) is 5.48. The fourth-order valence-electron chi connectivity index (χ4n) is 3.64. The Balaban J connectivity index is 0.00000192. The van der Waals surface area contributed by atoms with E-state index in [1.165, 1.54) is 5.56 Å². The molecule has 1 aliphatic heterocycles. The molecule has 5 nitrogen and oxygen atoms in total. The van der Waals surface area contributed by atoms with Crippen LogP contribution in [-0.4, -0.2) is 16.1 Å². The number of pyridine rings is 2. The van der Waals surface area contributed by atoms with E-state index in [1.54, 1.807) is 16.8 Å². The monoisotopic (exact) mass is 393 g/mol. The molecule has 5 rings (SSSR count). The maximum atomic E-state index is 12.7. The van der Waals surface area contributed by atoms with Gasteiger partial charge in [-0.2, -0.15) is 0 Å². The summed E-state index contributed by atoms with van der Waals surface area (Å²) in [6.07, 6.45) is 4.50. The summed E-state index contributed by atoms with van der Waals surface area (Å²) in [5.74, 6) is 1.05. The number of nitrogens with one attached hydrogen (secondary N) is 1. The Morgan fingerprint density at radius 3 is 2.82 bits per heavy atom. The van der Waals surface area contributed by atoms with Crippen molar-refractivity contribution < 1.29 is 4.42 Å². The Bertz CT molecular complexity index is 1210. The van der Waals surface area contributed by atoms with Gasteiger partial charge in [0.25, 0.3) is 5.56 Å². The van der Waals surface area contributed by atoms with E-state index in [0.717, 1.165) is 58.7 Å². The van der Waals surface area contributed by atoms with Crippen molar-refractivity contribution in [2.45, 2.75) is 19.9 Å². The van der Waals surface area contributed by atoms with Crippen molar-refractivity contribution in [2.75, 3.05) is 6.54 Å². The minimum absolute atomic E-state index is 0. The molecule has 1 aromatic carbocycles.